The van der Waals surface area contributed by atoms with Gasteiger partial charge in [-0.3, -0.25) is 9.59 Å². The predicted octanol–water partition coefficient (Wildman–Crippen LogP) is 1.32. The molecule has 2 aromatic rings. The van der Waals surface area contributed by atoms with Gasteiger partial charge in [-0.1, -0.05) is 30.3 Å². The lowest BCUT2D eigenvalue weighted by atomic mass is 9.67. The van der Waals surface area contributed by atoms with Crippen molar-refractivity contribution in [3.8, 4) is 0 Å². The number of tetrazole rings is 1. The van der Waals surface area contributed by atoms with E-state index < -0.39 is 0 Å². The van der Waals surface area contributed by atoms with Crippen LogP contribution in [0.25, 0.3) is 0 Å². The zero-order valence-corrected chi connectivity index (χ0v) is 16.2. The van der Waals surface area contributed by atoms with Crippen LogP contribution in [0.5, 0.6) is 0 Å². The van der Waals surface area contributed by atoms with Gasteiger partial charge >= 0.3 is 0 Å². The highest BCUT2D eigenvalue weighted by Crippen LogP contribution is 2.45. The summed E-state index contributed by atoms with van der Waals surface area (Å²) < 4.78 is 1.58. The van der Waals surface area contributed by atoms with E-state index in [-0.39, 0.29) is 23.1 Å². The van der Waals surface area contributed by atoms with Gasteiger partial charge in [0.15, 0.2) is 0 Å². The van der Waals surface area contributed by atoms with Crippen molar-refractivity contribution in [3.05, 3.63) is 42.2 Å². The van der Waals surface area contributed by atoms with E-state index in [0.717, 1.165) is 44.5 Å². The average Bonchev–Trinajstić information content (AvgIpc) is 3.24. The summed E-state index contributed by atoms with van der Waals surface area (Å²) in [6.07, 6.45) is 4.67. The molecule has 8 heteroatoms. The van der Waals surface area contributed by atoms with Crippen molar-refractivity contribution >= 4 is 11.8 Å². The van der Waals surface area contributed by atoms with Gasteiger partial charge in [-0.25, -0.2) is 4.68 Å². The van der Waals surface area contributed by atoms with Crippen molar-refractivity contribution in [1.82, 2.24) is 30.0 Å². The third-order valence-electron chi connectivity index (χ3n) is 6.21. The highest BCUT2D eigenvalue weighted by molar-refractivity contribution is 5.84. The fourth-order valence-electron chi connectivity index (χ4n) is 4.62. The normalized spacial score (nSPS) is 21.9. The number of likely N-dealkylation sites (N-methyl/N-ethyl adjacent to an activating group) is 1. The lowest BCUT2D eigenvalue weighted by Gasteiger charge is -2.49. The van der Waals surface area contributed by atoms with Crippen molar-refractivity contribution in [1.29, 1.82) is 0 Å². The minimum atomic E-state index is -0.0815. The molecule has 0 saturated carbocycles. The van der Waals surface area contributed by atoms with E-state index in [4.69, 9.17) is 0 Å². The van der Waals surface area contributed by atoms with Crippen molar-refractivity contribution in [3.63, 3.8) is 0 Å². The van der Waals surface area contributed by atoms with Gasteiger partial charge in [0, 0.05) is 33.1 Å². The molecule has 2 amide bonds. The maximum atomic E-state index is 12.8. The van der Waals surface area contributed by atoms with E-state index in [0.29, 0.717) is 13.0 Å². The zero-order chi connectivity index (χ0) is 19.6. The van der Waals surface area contributed by atoms with Gasteiger partial charge in [0.2, 0.25) is 11.8 Å². The number of amides is 2. The topological polar surface area (TPSA) is 84.2 Å². The van der Waals surface area contributed by atoms with Gasteiger partial charge in [-0.15, -0.1) is 5.10 Å². The Bertz CT molecular complexity index is 814. The molecule has 2 aliphatic heterocycles. The predicted molar refractivity (Wildman–Crippen MR) is 102 cm³/mol. The SMILES string of the molecule is CN1CC2(CCN(C(=O)CCn3cnnn3)CC2)C[C@H](c2ccccc2)C1=O. The van der Waals surface area contributed by atoms with E-state index in [1.807, 2.05) is 47.2 Å². The van der Waals surface area contributed by atoms with Crippen LogP contribution in [-0.4, -0.2) is 68.5 Å². The summed E-state index contributed by atoms with van der Waals surface area (Å²) in [7, 11) is 1.91. The van der Waals surface area contributed by atoms with Crippen LogP contribution in [0.4, 0.5) is 0 Å². The molecule has 148 valence electrons. The lowest BCUT2D eigenvalue weighted by Crippen LogP contribution is -2.53. The van der Waals surface area contributed by atoms with Crippen LogP contribution in [0.1, 0.15) is 37.2 Å². The molecule has 2 saturated heterocycles. The second kappa shape index (κ2) is 7.69. The Labute approximate surface area is 164 Å². The van der Waals surface area contributed by atoms with E-state index in [1.165, 1.54) is 6.33 Å². The van der Waals surface area contributed by atoms with Crippen molar-refractivity contribution in [2.24, 2.45) is 5.41 Å². The fourth-order valence-corrected chi connectivity index (χ4v) is 4.62. The first-order valence-electron chi connectivity index (χ1n) is 9.85. The number of rotatable bonds is 4. The minimum absolute atomic E-state index is 0.0815. The monoisotopic (exact) mass is 382 g/mol. The molecule has 0 N–H and O–H groups in total. The quantitative estimate of drug-likeness (QED) is 0.796. The highest BCUT2D eigenvalue weighted by Gasteiger charge is 2.45. The summed E-state index contributed by atoms with van der Waals surface area (Å²) in [6, 6.07) is 10.1. The van der Waals surface area contributed by atoms with Crippen molar-refractivity contribution in [2.45, 2.75) is 38.1 Å². The minimum Gasteiger partial charge on any atom is -0.345 e. The second-order valence-electron chi connectivity index (χ2n) is 8.07. The highest BCUT2D eigenvalue weighted by atomic mass is 16.2. The van der Waals surface area contributed by atoms with E-state index >= 15 is 0 Å². The number of benzene rings is 1. The van der Waals surface area contributed by atoms with E-state index in [9.17, 15) is 9.59 Å². The van der Waals surface area contributed by atoms with Gasteiger partial charge in [0.25, 0.3) is 0 Å². The maximum absolute atomic E-state index is 12.8. The third-order valence-corrected chi connectivity index (χ3v) is 6.21. The van der Waals surface area contributed by atoms with Gasteiger partial charge in [-0.2, -0.15) is 0 Å². The van der Waals surface area contributed by atoms with Gasteiger partial charge in [0.1, 0.15) is 6.33 Å². The Morgan fingerprint density at radius 2 is 1.96 bits per heavy atom. The molecule has 2 aliphatic rings. The number of carbonyl (C=O) groups excluding carboxylic acids is 2. The van der Waals surface area contributed by atoms with Crippen LogP contribution in [-0.2, 0) is 16.1 Å². The molecule has 0 unspecified atom stereocenters. The summed E-state index contributed by atoms with van der Waals surface area (Å²) in [5.41, 5.74) is 1.19. The van der Waals surface area contributed by atoms with Gasteiger partial charge < -0.3 is 9.80 Å². The number of hydrogen-bond acceptors (Lipinski definition) is 5. The first-order chi connectivity index (χ1) is 13.6. The zero-order valence-electron chi connectivity index (χ0n) is 16.2. The maximum Gasteiger partial charge on any atom is 0.229 e. The van der Waals surface area contributed by atoms with Crippen LogP contribution in [0.15, 0.2) is 36.7 Å². The first-order valence-corrected chi connectivity index (χ1v) is 9.85. The van der Waals surface area contributed by atoms with Crippen LogP contribution >= 0.6 is 0 Å². The van der Waals surface area contributed by atoms with Gasteiger partial charge in [0.05, 0.1) is 12.5 Å². The molecular formula is C20H26N6O2. The largest absolute Gasteiger partial charge is 0.345 e. The second-order valence-corrected chi connectivity index (χ2v) is 8.07. The number of nitrogens with zero attached hydrogens (tertiary/aromatic N) is 6. The van der Waals surface area contributed by atoms with Crippen molar-refractivity contribution in [2.75, 3.05) is 26.7 Å². The third kappa shape index (κ3) is 3.76. The number of piperidine rings is 2. The Hall–Kier alpha value is -2.77. The number of likely N-dealkylation sites (tertiary alicyclic amines) is 2. The summed E-state index contributed by atoms with van der Waals surface area (Å²) >= 11 is 0. The summed E-state index contributed by atoms with van der Waals surface area (Å²) in [6.45, 7) is 2.78. The summed E-state index contributed by atoms with van der Waals surface area (Å²) in [5, 5.41) is 11.0. The van der Waals surface area contributed by atoms with Gasteiger partial charge in [-0.05, 0) is 40.7 Å². The Kier molecular flexibility index (Phi) is 5.11. The molecule has 2 fully saturated rings. The average molecular weight is 382 g/mol. The number of aryl methyl sites for hydroxylation is 1. The molecular weight excluding hydrogens is 356 g/mol. The summed E-state index contributed by atoms with van der Waals surface area (Å²) in [5.74, 6) is 0.268. The first kappa shape index (κ1) is 18.6. The lowest BCUT2D eigenvalue weighted by molar-refractivity contribution is -0.143. The standard InChI is InChI=1S/C20H26N6O2/c1-24-14-20(13-17(19(24)28)16-5-3-2-4-6-16)8-11-25(12-9-20)18(27)7-10-26-15-21-22-23-26/h2-6,15,17H,7-14H2,1H3/t17-/m1/s1. The molecule has 3 heterocycles. The smallest absolute Gasteiger partial charge is 0.229 e. The molecule has 1 aromatic heterocycles. The molecule has 8 nitrogen and oxygen atoms in total. The Balaban J connectivity index is 1.38. The molecule has 0 aliphatic carbocycles. The summed E-state index contributed by atoms with van der Waals surface area (Å²) in [4.78, 5) is 29.1. The molecule has 28 heavy (non-hydrogen) atoms. The Morgan fingerprint density at radius 1 is 1.21 bits per heavy atom. The number of aromatic nitrogens is 4. The van der Waals surface area contributed by atoms with Crippen LogP contribution < -0.4 is 0 Å². The number of carbonyl (C=O) groups is 2. The van der Waals surface area contributed by atoms with E-state index in [2.05, 4.69) is 15.5 Å². The molecule has 1 atom stereocenters. The number of hydrogen-bond donors (Lipinski definition) is 0. The van der Waals surface area contributed by atoms with Crippen LogP contribution in [0, 0.1) is 5.41 Å². The molecule has 0 radical (unpaired) electrons. The van der Waals surface area contributed by atoms with Crippen molar-refractivity contribution < 1.29 is 9.59 Å². The van der Waals surface area contributed by atoms with Crippen LogP contribution in [0.3, 0.4) is 0 Å². The molecule has 1 aromatic carbocycles. The molecule has 4 rings (SSSR count). The van der Waals surface area contributed by atoms with Crippen LogP contribution in [0.2, 0.25) is 0 Å². The van der Waals surface area contributed by atoms with E-state index in [1.54, 1.807) is 4.68 Å². The fraction of sp³-hybridized carbons (Fsp3) is 0.550. The molecule has 0 bridgehead atoms. The Morgan fingerprint density at radius 3 is 2.64 bits per heavy atom. The molecule has 1 spiro atoms.